The van der Waals surface area contributed by atoms with Gasteiger partial charge >= 0.3 is 5.69 Å². The highest BCUT2D eigenvalue weighted by atomic mass is 16.6. The SMILES string of the molecule is Cn1cc(CNc2ncnc(NN)c2[N+](=O)[O-])cn1. The van der Waals surface area contributed by atoms with Crippen molar-refractivity contribution >= 4 is 17.3 Å². The number of aryl methyl sites for hydroxylation is 1. The van der Waals surface area contributed by atoms with Crippen LogP contribution in [-0.4, -0.2) is 24.7 Å². The first-order chi connectivity index (χ1) is 9.11. The van der Waals surface area contributed by atoms with Gasteiger partial charge in [-0.15, -0.1) is 0 Å². The van der Waals surface area contributed by atoms with Crippen LogP contribution in [0.3, 0.4) is 0 Å². The molecule has 0 unspecified atom stereocenters. The van der Waals surface area contributed by atoms with Crippen LogP contribution in [0.25, 0.3) is 0 Å². The number of rotatable bonds is 5. The monoisotopic (exact) mass is 264 g/mol. The Kier molecular flexibility index (Phi) is 3.52. The van der Waals surface area contributed by atoms with Crippen LogP contribution in [0, 0.1) is 10.1 Å². The average molecular weight is 264 g/mol. The third-order valence-electron chi connectivity index (χ3n) is 2.36. The lowest BCUT2D eigenvalue weighted by Crippen LogP contribution is -2.13. The lowest BCUT2D eigenvalue weighted by molar-refractivity contribution is -0.383. The van der Waals surface area contributed by atoms with Crippen molar-refractivity contribution in [2.45, 2.75) is 6.54 Å². The van der Waals surface area contributed by atoms with Crippen LogP contribution in [0.4, 0.5) is 17.3 Å². The van der Waals surface area contributed by atoms with Crippen molar-refractivity contribution in [1.82, 2.24) is 19.7 Å². The zero-order chi connectivity index (χ0) is 13.8. The largest absolute Gasteiger partial charge is 0.360 e. The smallest absolute Gasteiger partial charge is 0.354 e. The number of nitrogens with zero attached hydrogens (tertiary/aromatic N) is 5. The van der Waals surface area contributed by atoms with Crippen molar-refractivity contribution in [3.63, 3.8) is 0 Å². The summed E-state index contributed by atoms with van der Waals surface area (Å²) >= 11 is 0. The molecule has 2 aromatic heterocycles. The first-order valence-corrected chi connectivity index (χ1v) is 5.29. The second-order valence-electron chi connectivity index (χ2n) is 3.70. The summed E-state index contributed by atoms with van der Waals surface area (Å²) in [5, 5.41) is 17.8. The lowest BCUT2D eigenvalue weighted by atomic mass is 10.3. The van der Waals surface area contributed by atoms with E-state index in [1.165, 1.54) is 6.33 Å². The van der Waals surface area contributed by atoms with E-state index in [0.717, 1.165) is 5.56 Å². The molecule has 100 valence electrons. The summed E-state index contributed by atoms with van der Waals surface area (Å²) < 4.78 is 1.64. The number of aromatic nitrogens is 4. The fourth-order valence-corrected chi connectivity index (χ4v) is 1.54. The van der Waals surface area contributed by atoms with E-state index in [0.29, 0.717) is 6.54 Å². The number of hydrogen-bond donors (Lipinski definition) is 3. The first kappa shape index (κ1) is 12.7. The van der Waals surface area contributed by atoms with Gasteiger partial charge in [0.1, 0.15) is 6.33 Å². The van der Waals surface area contributed by atoms with Gasteiger partial charge in [0.2, 0.25) is 11.6 Å². The molecule has 0 aliphatic carbocycles. The Bertz CT molecular complexity index is 596. The molecule has 0 spiro atoms. The molecule has 10 nitrogen and oxygen atoms in total. The molecule has 0 aromatic carbocycles. The van der Waals surface area contributed by atoms with Crippen molar-refractivity contribution in [3.05, 3.63) is 34.4 Å². The van der Waals surface area contributed by atoms with Gasteiger partial charge in [-0.3, -0.25) is 14.8 Å². The van der Waals surface area contributed by atoms with Crippen LogP contribution in [0.5, 0.6) is 0 Å². The molecule has 0 saturated carbocycles. The van der Waals surface area contributed by atoms with Gasteiger partial charge in [0.25, 0.3) is 0 Å². The van der Waals surface area contributed by atoms with E-state index in [9.17, 15) is 10.1 Å². The fraction of sp³-hybridized carbons (Fsp3) is 0.222. The Morgan fingerprint density at radius 3 is 2.79 bits per heavy atom. The second-order valence-corrected chi connectivity index (χ2v) is 3.70. The molecule has 0 bridgehead atoms. The van der Waals surface area contributed by atoms with Crippen molar-refractivity contribution in [2.24, 2.45) is 12.9 Å². The Balaban J connectivity index is 2.22. The van der Waals surface area contributed by atoms with Crippen LogP contribution in [0.15, 0.2) is 18.7 Å². The molecule has 2 aromatic rings. The van der Waals surface area contributed by atoms with Crippen LogP contribution in [0.2, 0.25) is 0 Å². The predicted molar refractivity (Wildman–Crippen MR) is 67.0 cm³/mol. The number of anilines is 2. The molecule has 0 atom stereocenters. The molecule has 19 heavy (non-hydrogen) atoms. The van der Waals surface area contributed by atoms with E-state index in [4.69, 9.17) is 5.84 Å². The zero-order valence-corrected chi connectivity index (χ0v) is 10.1. The van der Waals surface area contributed by atoms with Crippen molar-refractivity contribution in [2.75, 3.05) is 10.7 Å². The minimum absolute atomic E-state index is 0.0475. The van der Waals surface area contributed by atoms with Gasteiger partial charge in [0, 0.05) is 25.4 Å². The summed E-state index contributed by atoms with van der Waals surface area (Å²) in [5.41, 5.74) is 2.75. The van der Waals surface area contributed by atoms with Crippen molar-refractivity contribution in [3.8, 4) is 0 Å². The Labute approximate surface area is 107 Å². The minimum atomic E-state index is -0.596. The Morgan fingerprint density at radius 1 is 1.47 bits per heavy atom. The molecule has 10 heteroatoms. The highest BCUT2D eigenvalue weighted by Gasteiger charge is 2.22. The van der Waals surface area contributed by atoms with E-state index >= 15 is 0 Å². The number of hydrogen-bond acceptors (Lipinski definition) is 8. The Morgan fingerprint density at radius 2 is 2.21 bits per heavy atom. The first-order valence-electron chi connectivity index (χ1n) is 5.29. The average Bonchev–Trinajstić information content (AvgIpc) is 2.81. The van der Waals surface area contributed by atoms with Gasteiger partial charge in [0.05, 0.1) is 11.1 Å². The van der Waals surface area contributed by atoms with E-state index in [2.05, 4.69) is 25.8 Å². The number of nitrogen functional groups attached to an aromatic ring is 1. The lowest BCUT2D eigenvalue weighted by Gasteiger charge is -2.06. The van der Waals surface area contributed by atoms with Crippen molar-refractivity contribution in [1.29, 1.82) is 0 Å². The van der Waals surface area contributed by atoms with Gasteiger partial charge in [-0.25, -0.2) is 15.8 Å². The van der Waals surface area contributed by atoms with Crippen LogP contribution in [0.1, 0.15) is 5.56 Å². The molecular weight excluding hydrogens is 252 g/mol. The molecule has 4 N–H and O–H groups in total. The van der Waals surface area contributed by atoms with E-state index < -0.39 is 4.92 Å². The van der Waals surface area contributed by atoms with E-state index in [-0.39, 0.29) is 17.3 Å². The molecule has 0 aliphatic rings. The minimum Gasteiger partial charge on any atom is -0.360 e. The summed E-state index contributed by atoms with van der Waals surface area (Å²) in [6.45, 7) is 0.357. The summed E-state index contributed by atoms with van der Waals surface area (Å²) in [6, 6.07) is 0. The normalized spacial score (nSPS) is 10.2. The van der Waals surface area contributed by atoms with E-state index in [1.54, 1.807) is 24.1 Å². The number of hydrazine groups is 1. The summed E-state index contributed by atoms with van der Waals surface area (Å²) in [5.74, 6) is 5.23. The Hall–Kier alpha value is -2.75. The quantitative estimate of drug-likeness (QED) is 0.390. The molecule has 2 heterocycles. The highest BCUT2D eigenvalue weighted by molar-refractivity contribution is 5.68. The third-order valence-corrected chi connectivity index (χ3v) is 2.36. The summed E-state index contributed by atoms with van der Waals surface area (Å²) in [6.07, 6.45) is 4.64. The van der Waals surface area contributed by atoms with Gasteiger partial charge in [0.15, 0.2) is 0 Å². The summed E-state index contributed by atoms with van der Waals surface area (Å²) in [7, 11) is 1.78. The van der Waals surface area contributed by atoms with Crippen LogP contribution >= 0.6 is 0 Å². The second kappa shape index (κ2) is 5.27. The maximum atomic E-state index is 11.0. The topological polar surface area (TPSA) is 137 Å². The van der Waals surface area contributed by atoms with Gasteiger partial charge in [-0.2, -0.15) is 5.10 Å². The molecule has 2 rings (SSSR count). The van der Waals surface area contributed by atoms with Gasteiger partial charge in [-0.05, 0) is 0 Å². The molecule has 0 amide bonds. The van der Waals surface area contributed by atoms with E-state index in [1.807, 2.05) is 0 Å². The third kappa shape index (κ3) is 2.74. The molecule has 0 aliphatic heterocycles. The van der Waals surface area contributed by atoms with Gasteiger partial charge < -0.3 is 10.7 Å². The highest BCUT2D eigenvalue weighted by Crippen LogP contribution is 2.28. The van der Waals surface area contributed by atoms with Crippen LogP contribution in [-0.2, 0) is 13.6 Å². The maximum absolute atomic E-state index is 11.0. The van der Waals surface area contributed by atoms with Crippen LogP contribution < -0.4 is 16.6 Å². The number of nitrogens with two attached hydrogens (primary N) is 1. The zero-order valence-electron chi connectivity index (χ0n) is 10.1. The number of nitrogens with one attached hydrogen (secondary N) is 2. The summed E-state index contributed by atoms with van der Waals surface area (Å²) in [4.78, 5) is 17.9. The molecule has 0 saturated heterocycles. The van der Waals surface area contributed by atoms with Crippen molar-refractivity contribution < 1.29 is 4.92 Å². The molecule has 0 radical (unpaired) electrons. The molecule has 0 fully saturated rings. The number of nitro groups is 1. The predicted octanol–water partition coefficient (Wildman–Crippen LogP) is 0.0160. The fourth-order valence-electron chi connectivity index (χ4n) is 1.54. The van der Waals surface area contributed by atoms with Gasteiger partial charge in [-0.1, -0.05) is 0 Å². The maximum Gasteiger partial charge on any atom is 0.354 e. The standard InChI is InChI=1S/C9H12N8O2/c1-16-4-6(3-14-16)2-11-8-7(17(18)19)9(15-10)13-5-12-8/h3-5H,2,10H2,1H3,(H2,11,12,13,15). The molecular formula is C9H12N8O2.